The molecule has 4 heteroatoms. The summed E-state index contributed by atoms with van der Waals surface area (Å²) in [6, 6.07) is 8.01. The maximum atomic E-state index is 11.9. The van der Waals surface area contributed by atoms with Gasteiger partial charge in [-0.25, -0.2) is 0 Å². The molecule has 1 heterocycles. The number of benzene rings is 1. The van der Waals surface area contributed by atoms with E-state index in [1.165, 1.54) is 0 Å². The zero-order chi connectivity index (χ0) is 12.3. The van der Waals surface area contributed by atoms with E-state index in [-0.39, 0.29) is 17.9 Å². The lowest BCUT2D eigenvalue weighted by atomic mass is 10.1. The summed E-state index contributed by atoms with van der Waals surface area (Å²) in [6.07, 6.45) is 0.830. The molecule has 2 atom stereocenters. The Balaban J connectivity index is 1.96. The van der Waals surface area contributed by atoms with Crippen molar-refractivity contribution in [2.24, 2.45) is 5.92 Å². The number of halogens is 1. The topological polar surface area (TPSA) is 38.3 Å². The van der Waals surface area contributed by atoms with Gasteiger partial charge < -0.3 is 10.1 Å². The molecule has 0 aromatic heterocycles. The maximum Gasteiger partial charge on any atom is 0.225 e. The van der Waals surface area contributed by atoms with Gasteiger partial charge in [0.25, 0.3) is 0 Å². The fraction of sp³-hybridized carbons (Fsp3) is 0.462. The number of carbonyl (C=O) groups excluding carboxylic acids is 1. The first kappa shape index (κ1) is 12.6. The molecule has 2 unspecified atom stereocenters. The number of hydrogen-bond acceptors (Lipinski definition) is 2. The summed E-state index contributed by atoms with van der Waals surface area (Å²) in [5, 5.41) is 3.03. The number of nitrogens with one attached hydrogen (secondary N) is 1. The van der Waals surface area contributed by atoms with Crippen LogP contribution in [0.2, 0.25) is 0 Å². The lowest BCUT2D eigenvalue weighted by molar-refractivity contribution is -0.125. The fourth-order valence-electron chi connectivity index (χ4n) is 1.93. The third-order valence-electron chi connectivity index (χ3n) is 3.01. The van der Waals surface area contributed by atoms with E-state index < -0.39 is 0 Å². The molecule has 1 aromatic carbocycles. The van der Waals surface area contributed by atoms with E-state index in [4.69, 9.17) is 4.74 Å². The predicted molar refractivity (Wildman–Crippen MR) is 69.6 cm³/mol. The minimum Gasteiger partial charge on any atom is -0.381 e. The van der Waals surface area contributed by atoms with Crippen LogP contribution in [0.5, 0.6) is 0 Å². The van der Waals surface area contributed by atoms with Gasteiger partial charge in [0, 0.05) is 11.1 Å². The average molecular weight is 298 g/mol. The van der Waals surface area contributed by atoms with E-state index in [9.17, 15) is 4.79 Å². The SMILES string of the molecule is CC(NC(=O)C1CCOC1)c1cccc(Br)c1. The molecule has 1 amide bonds. The van der Waals surface area contributed by atoms with Crippen molar-refractivity contribution in [2.75, 3.05) is 13.2 Å². The van der Waals surface area contributed by atoms with Gasteiger partial charge in [0.15, 0.2) is 0 Å². The van der Waals surface area contributed by atoms with Crippen LogP contribution in [0.15, 0.2) is 28.7 Å². The monoisotopic (exact) mass is 297 g/mol. The van der Waals surface area contributed by atoms with Gasteiger partial charge in [-0.3, -0.25) is 4.79 Å². The molecule has 1 N–H and O–H groups in total. The average Bonchev–Trinajstić information content (AvgIpc) is 2.82. The zero-order valence-corrected chi connectivity index (χ0v) is 11.4. The second-order valence-corrected chi connectivity index (χ2v) is 5.26. The maximum absolute atomic E-state index is 11.9. The molecule has 0 saturated carbocycles. The van der Waals surface area contributed by atoms with E-state index >= 15 is 0 Å². The van der Waals surface area contributed by atoms with Crippen molar-refractivity contribution >= 4 is 21.8 Å². The van der Waals surface area contributed by atoms with Gasteiger partial charge in [0.2, 0.25) is 5.91 Å². The lowest BCUT2D eigenvalue weighted by Gasteiger charge is -2.17. The molecule has 92 valence electrons. The minimum absolute atomic E-state index is 0.0182. The van der Waals surface area contributed by atoms with Gasteiger partial charge in [-0.15, -0.1) is 0 Å². The van der Waals surface area contributed by atoms with Crippen LogP contribution in [0, 0.1) is 5.92 Å². The van der Waals surface area contributed by atoms with Crippen molar-refractivity contribution in [3.63, 3.8) is 0 Å². The van der Waals surface area contributed by atoms with Crippen molar-refractivity contribution in [1.82, 2.24) is 5.32 Å². The standard InChI is InChI=1S/C13H16BrNO2/c1-9(10-3-2-4-12(14)7-10)15-13(16)11-5-6-17-8-11/h2-4,7,9,11H,5-6,8H2,1H3,(H,15,16). The molecular weight excluding hydrogens is 282 g/mol. The summed E-state index contributed by atoms with van der Waals surface area (Å²) in [5.41, 5.74) is 1.10. The van der Waals surface area contributed by atoms with Crippen LogP contribution in [0.1, 0.15) is 24.9 Å². The van der Waals surface area contributed by atoms with E-state index in [2.05, 4.69) is 21.2 Å². The summed E-state index contributed by atoms with van der Waals surface area (Å²) in [7, 11) is 0. The molecule has 0 radical (unpaired) electrons. The number of rotatable bonds is 3. The molecule has 0 aliphatic carbocycles. The van der Waals surface area contributed by atoms with Crippen molar-refractivity contribution in [1.29, 1.82) is 0 Å². The summed E-state index contributed by atoms with van der Waals surface area (Å²) in [6.45, 7) is 3.25. The Morgan fingerprint density at radius 1 is 1.59 bits per heavy atom. The van der Waals surface area contributed by atoms with Crippen LogP contribution in [-0.2, 0) is 9.53 Å². The Kier molecular flexibility index (Phi) is 4.18. The van der Waals surface area contributed by atoms with Gasteiger partial charge in [-0.05, 0) is 31.0 Å². The molecule has 1 fully saturated rings. The van der Waals surface area contributed by atoms with E-state index in [1.807, 2.05) is 31.2 Å². The van der Waals surface area contributed by atoms with Crippen molar-refractivity contribution in [3.8, 4) is 0 Å². The second kappa shape index (κ2) is 5.65. The smallest absolute Gasteiger partial charge is 0.225 e. The lowest BCUT2D eigenvalue weighted by Crippen LogP contribution is -2.33. The molecular formula is C13H16BrNO2. The van der Waals surface area contributed by atoms with Crippen LogP contribution < -0.4 is 5.32 Å². The fourth-order valence-corrected chi connectivity index (χ4v) is 2.35. The van der Waals surface area contributed by atoms with Crippen LogP contribution in [-0.4, -0.2) is 19.1 Å². The Bertz CT molecular complexity index is 402. The molecule has 1 aromatic rings. The highest BCUT2D eigenvalue weighted by molar-refractivity contribution is 9.10. The van der Waals surface area contributed by atoms with Gasteiger partial charge in [-0.1, -0.05) is 28.1 Å². The van der Waals surface area contributed by atoms with Gasteiger partial charge in [0.05, 0.1) is 18.6 Å². The largest absolute Gasteiger partial charge is 0.381 e. The first-order chi connectivity index (χ1) is 8.16. The highest BCUT2D eigenvalue weighted by atomic mass is 79.9. The predicted octanol–water partition coefficient (Wildman–Crippen LogP) is 2.66. The highest BCUT2D eigenvalue weighted by Crippen LogP contribution is 2.19. The number of ether oxygens (including phenoxy) is 1. The van der Waals surface area contributed by atoms with E-state index in [0.717, 1.165) is 16.5 Å². The molecule has 3 nitrogen and oxygen atoms in total. The molecule has 0 spiro atoms. The second-order valence-electron chi connectivity index (χ2n) is 4.35. The summed E-state index contributed by atoms with van der Waals surface area (Å²) < 4.78 is 6.24. The first-order valence-corrected chi connectivity index (χ1v) is 6.59. The van der Waals surface area contributed by atoms with Crippen LogP contribution in [0.3, 0.4) is 0 Å². The molecule has 1 aliphatic heterocycles. The Morgan fingerprint density at radius 3 is 3.06 bits per heavy atom. The van der Waals surface area contributed by atoms with Crippen LogP contribution >= 0.6 is 15.9 Å². The Hall–Kier alpha value is -0.870. The number of carbonyl (C=O) groups is 1. The molecule has 1 aliphatic rings. The summed E-state index contributed by atoms with van der Waals surface area (Å²) in [4.78, 5) is 11.9. The Morgan fingerprint density at radius 2 is 2.41 bits per heavy atom. The molecule has 17 heavy (non-hydrogen) atoms. The number of amides is 1. The van der Waals surface area contributed by atoms with Crippen molar-refractivity contribution in [3.05, 3.63) is 34.3 Å². The normalized spacial score (nSPS) is 21.2. The Labute approximate surface area is 110 Å². The van der Waals surface area contributed by atoms with Gasteiger partial charge in [-0.2, -0.15) is 0 Å². The van der Waals surface area contributed by atoms with Crippen LogP contribution in [0.4, 0.5) is 0 Å². The molecule has 1 saturated heterocycles. The zero-order valence-electron chi connectivity index (χ0n) is 9.78. The highest BCUT2D eigenvalue weighted by Gasteiger charge is 2.24. The number of hydrogen-bond donors (Lipinski definition) is 1. The molecule has 0 bridgehead atoms. The quantitative estimate of drug-likeness (QED) is 0.931. The van der Waals surface area contributed by atoms with E-state index in [0.29, 0.717) is 13.2 Å². The first-order valence-electron chi connectivity index (χ1n) is 5.80. The molecule has 2 rings (SSSR count). The third-order valence-corrected chi connectivity index (χ3v) is 3.50. The van der Waals surface area contributed by atoms with Gasteiger partial charge >= 0.3 is 0 Å². The summed E-state index contributed by atoms with van der Waals surface area (Å²) in [5.74, 6) is 0.111. The third kappa shape index (κ3) is 3.30. The van der Waals surface area contributed by atoms with Crippen molar-refractivity contribution < 1.29 is 9.53 Å². The van der Waals surface area contributed by atoms with Gasteiger partial charge in [0.1, 0.15) is 0 Å². The van der Waals surface area contributed by atoms with Crippen molar-refractivity contribution in [2.45, 2.75) is 19.4 Å². The summed E-state index contributed by atoms with van der Waals surface area (Å²) >= 11 is 3.43. The minimum atomic E-state index is 0.0182. The van der Waals surface area contributed by atoms with E-state index in [1.54, 1.807) is 0 Å². The van der Waals surface area contributed by atoms with Crippen LogP contribution in [0.25, 0.3) is 0 Å².